The van der Waals surface area contributed by atoms with Gasteiger partial charge in [-0.2, -0.15) is 0 Å². The van der Waals surface area contributed by atoms with E-state index in [9.17, 15) is 4.79 Å². The van der Waals surface area contributed by atoms with Crippen molar-refractivity contribution in [1.29, 1.82) is 0 Å². The van der Waals surface area contributed by atoms with Crippen LogP contribution in [-0.4, -0.2) is 16.7 Å². The molecule has 1 aromatic carbocycles. The van der Waals surface area contributed by atoms with E-state index in [1.54, 1.807) is 6.07 Å². The van der Waals surface area contributed by atoms with Crippen molar-refractivity contribution in [3.63, 3.8) is 0 Å². The van der Waals surface area contributed by atoms with Gasteiger partial charge in [-0.25, -0.2) is 4.79 Å². The summed E-state index contributed by atoms with van der Waals surface area (Å²) in [4.78, 5) is 11.0. The molecule has 0 aromatic heterocycles. The minimum absolute atomic E-state index is 0.227. The highest BCUT2D eigenvalue weighted by atomic mass is 79.9. The molecule has 0 bridgehead atoms. The number of carboxylic acids is 1. The van der Waals surface area contributed by atoms with Gasteiger partial charge >= 0.3 is 5.97 Å². The molecule has 80 valence electrons. The lowest BCUT2D eigenvalue weighted by Crippen LogP contribution is -2.25. The standard InChI is InChI=1S/C11H11BrO3/c1-11(2)5-6-3-7(12)4-8(10(13)14)9(6)15-11/h3-4H,5H2,1-2H3,(H,13,14). The summed E-state index contributed by atoms with van der Waals surface area (Å²) in [6.07, 6.45) is 0.738. The van der Waals surface area contributed by atoms with Crippen LogP contribution in [0.2, 0.25) is 0 Å². The Morgan fingerprint density at radius 1 is 1.53 bits per heavy atom. The number of carboxylic acid groups (broad SMARTS) is 1. The summed E-state index contributed by atoms with van der Waals surface area (Å²) in [5.74, 6) is -0.444. The third kappa shape index (κ3) is 1.86. The summed E-state index contributed by atoms with van der Waals surface area (Å²) >= 11 is 3.30. The normalized spacial score (nSPS) is 17.0. The molecule has 15 heavy (non-hydrogen) atoms. The van der Waals surface area contributed by atoms with E-state index in [1.807, 2.05) is 19.9 Å². The molecule has 4 heteroatoms. The van der Waals surface area contributed by atoms with Crippen molar-refractivity contribution in [2.75, 3.05) is 0 Å². The molecule has 0 aliphatic carbocycles. The van der Waals surface area contributed by atoms with Crippen molar-refractivity contribution < 1.29 is 14.6 Å². The number of halogens is 1. The number of carbonyl (C=O) groups is 1. The molecule has 1 heterocycles. The molecule has 0 radical (unpaired) electrons. The van der Waals surface area contributed by atoms with Crippen LogP contribution in [-0.2, 0) is 6.42 Å². The lowest BCUT2D eigenvalue weighted by molar-refractivity contribution is 0.0685. The summed E-state index contributed by atoms with van der Waals surface area (Å²) < 4.78 is 6.42. The van der Waals surface area contributed by atoms with Crippen LogP contribution in [0, 0.1) is 0 Å². The SMILES string of the molecule is CC1(C)Cc2cc(Br)cc(C(=O)O)c2O1. The second kappa shape index (κ2) is 3.23. The van der Waals surface area contributed by atoms with Gasteiger partial charge in [0.25, 0.3) is 0 Å². The van der Waals surface area contributed by atoms with E-state index in [4.69, 9.17) is 9.84 Å². The maximum Gasteiger partial charge on any atom is 0.339 e. The van der Waals surface area contributed by atoms with E-state index < -0.39 is 5.97 Å². The van der Waals surface area contributed by atoms with Crippen molar-refractivity contribution in [3.8, 4) is 5.75 Å². The molecule has 0 fully saturated rings. The second-order valence-corrected chi connectivity index (χ2v) is 5.20. The molecule has 2 rings (SSSR count). The lowest BCUT2D eigenvalue weighted by Gasteiger charge is -2.17. The van der Waals surface area contributed by atoms with E-state index >= 15 is 0 Å². The van der Waals surface area contributed by atoms with E-state index in [2.05, 4.69) is 15.9 Å². The highest BCUT2D eigenvalue weighted by Crippen LogP contribution is 2.39. The Balaban J connectivity index is 2.58. The van der Waals surface area contributed by atoms with Gasteiger partial charge in [0.05, 0.1) is 0 Å². The van der Waals surface area contributed by atoms with Crippen LogP contribution in [0.15, 0.2) is 16.6 Å². The summed E-state index contributed by atoms with van der Waals surface area (Å²) in [6, 6.07) is 3.49. The number of ether oxygens (including phenoxy) is 1. The third-order valence-electron chi connectivity index (χ3n) is 2.36. The van der Waals surface area contributed by atoms with Crippen molar-refractivity contribution in [2.45, 2.75) is 25.9 Å². The third-order valence-corrected chi connectivity index (χ3v) is 2.81. The van der Waals surface area contributed by atoms with Crippen LogP contribution in [0.3, 0.4) is 0 Å². The van der Waals surface area contributed by atoms with Gasteiger partial charge in [-0.15, -0.1) is 0 Å². The fourth-order valence-electron chi connectivity index (χ4n) is 1.83. The molecule has 3 nitrogen and oxygen atoms in total. The van der Waals surface area contributed by atoms with E-state index in [1.165, 1.54) is 0 Å². The van der Waals surface area contributed by atoms with E-state index in [-0.39, 0.29) is 11.2 Å². The average molecular weight is 271 g/mol. The van der Waals surface area contributed by atoms with Gasteiger partial charge in [0.15, 0.2) is 0 Å². The van der Waals surface area contributed by atoms with Gasteiger partial charge < -0.3 is 9.84 Å². The predicted octanol–water partition coefficient (Wildman–Crippen LogP) is 2.86. The molecule has 1 N–H and O–H groups in total. The molecule has 0 saturated heterocycles. The zero-order chi connectivity index (χ0) is 11.2. The number of hydrogen-bond donors (Lipinski definition) is 1. The van der Waals surface area contributed by atoms with Crippen molar-refractivity contribution in [2.24, 2.45) is 0 Å². The molecular formula is C11H11BrO3. The molecule has 0 atom stereocenters. The monoisotopic (exact) mass is 270 g/mol. The molecule has 1 aliphatic heterocycles. The Bertz CT molecular complexity index is 438. The second-order valence-electron chi connectivity index (χ2n) is 4.29. The number of aromatic carboxylic acids is 1. The zero-order valence-corrected chi connectivity index (χ0v) is 10.1. The van der Waals surface area contributed by atoms with Gasteiger partial charge in [-0.05, 0) is 26.0 Å². The van der Waals surface area contributed by atoms with Crippen LogP contribution in [0.4, 0.5) is 0 Å². The number of benzene rings is 1. The number of fused-ring (bicyclic) bond motifs is 1. The highest BCUT2D eigenvalue weighted by Gasteiger charge is 2.33. The summed E-state index contributed by atoms with van der Waals surface area (Å²) in [5.41, 5.74) is 0.865. The Morgan fingerprint density at radius 3 is 2.80 bits per heavy atom. The molecule has 0 unspecified atom stereocenters. The first-order valence-electron chi connectivity index (χ1n) is 4.64. The highest BCUT2D eigenvalue weighted by molar-refractivity contribution is 9.10. The van der Waals surface area contributed by atoms with Gasteiger partial charge in [0.2, 0.25) is 0 Å². The molecule has 1 aromatic rings. The van der Waals surface area contributed by atoms with E-state index in [0.717, 1.165) is 16.5 Å². The predicted molar refractivity (Wildman–Crippen MR) is 59.5 cm³/mol. The Kier molecular flexibility index (Phi) is 2.26. The summed E-state index contributed by atoms with van der Waals surface area (Å²) in [7, 11) is 0. The van der Waals surface area contributed by atoms with Crippen molar-refractivity contribution in [1.82, 2.24) is 0 Å². The Hall–Kier alpha value is -1.03. The van der Waals surface area contributed by atoms with Crippen molar-refractivity contribution >= 4 is 21.9 Å². The van der Waals surface area contributed by atoms with Crippen LogP contribution in [0.25, 0.3) is 0 Å². The minimum atomic E-state index is -0.953. The Morgan fingerprint density at radius 2 is 2.20 bits per heavy atom. The van der Waals surface area contributed by atoms with Gasteiger partial charge in [0.1, 0.15) is 16.9 Å². The average Bonchev–Trinajstić information content (AvgIpc) is 2.36. The fraction of sp³-hybridized carbons (Fsp3) is 0.364. The first-order valence-corrected chi connectivity index (χ1v) is 5.43. The smallest absolute Gasteiger partial charge is 0.339 e. The maximum absolute atomic E-state index is 11.0. The van der Waals surface area contributed by atoms with Gasteiger partial charge in [-0.1, -0.05) is 15.9 Å². The molecule has 0 saturated carbocycles. The number of rotatable bonds is 1. The van der Waals surface area contributed by atoms with Crippen LogP contribution in [0.1, 0.15) is 29.8 Å². The zero-order valence-electron chi connectivity index (χ0n) is 8.50. The van der Waals surface area contributed by atoms with Crippen LogP contribution >= 0.6 is 15.9 Å². The van der Waals surface area contributed by atoms with Crippen molar-refractivity contribution in [3.05, 3.63) is 27.7 Å². The van der Waals surface area contributed by atoms with Crippen LogP contribution < -0.4 is 4.74 Å². The topological polar surface area (TPSA) is 46.5 Å². The maximum atomic E-state index is 11.0. The summed E-state index contributed by atoms with van der Waals surface area (Å²) in [5, 5.41) is 9.04. The molecule has 0 amide bonds. The van der Waals surface area contributed by atoms with E-state index in [0.29, 0.717) is 5.75 Å². The quantitative estimate of drug-likeness (QED) is 0.854. The largest absolute Gasteiger partial charge is 0.486 e. The molecule has 1 aliphatic rings. The minimum Gasteiger partial charge on any atom is -0.486 e. The van der Waals surface area contributed by atoms with Gasteiger partial charge in [0, 0.05) is 16.5 Å². The van der Waals surface area contributed by atoms with Crippen LogP contribution in [0.5, 0.6) is 5.75 Å². The first kappa shape index (κ1) is 10.5. The molecular weight excluding hydrogens is 260 g/mol. The van der Waals surface area contributed by atoms with Gasteiger partial charge in [-0.3, -0.25) is 0 Å². The lowest BCUT2D eigenvalue weighted by atomic mass is 10.0. The Labute approximate surface area is 96.2 Å². The molecule has 0 spiro atoms. The fourth-order valence-corrected chi connectivity index (χ4v) is 2.34. The first-order chi connectivity index (χ1) is 6.89. The summed E-state index contributed by atoms with van der Waals surface area (Å²) in [6.45, 7) is 3.90. The number of hydrogen-bond acceptors (Lipinski definition) is 2.